The van der Waals surface area contributed by atoms with Crippen molar-refractivity contribution in [2.75, 3.05) is 13.7 Å². The molecule has 2 rings (SSSR count). The summed E-state index contributed by atoms with van der Waals surface area (Å²) >= 11 is 0. The number of rotatable bonds is 2. The summed E-state index contributed by atoms with van der Waals surface area (Å²) in [6.07, 6.45) is 0.232. The summed E-state index contributed by atoms with van der Waals surface area (Å²) in [7, 11) is 1.49. The van der Waals surface area contributed by atoms with Crippen molar-refractivity contribution in [3.63, 3.8) is 0 Å². The minimum absolute atomic E-state index is 0.0809. The average molecular weight is 238 g/mol. The topological polar surface area (TPSA) is 64.3 Å². The molecule has 0 aliphatic carbocycles. The van der Waals surface area contributed by atoms with Gasteiger partial charge in [-0.2, -0.15) is 0 Å². The zero-order valence-corrected chi connectivity index (χ0v) is 9.57. The van der Waals surface area contributed by atoms with Crippen molar-refractivity contribution in [1.29, 1.82) is 0 Å². The Balaban J connectivity index is 2.25. The van der Waals surface area contributed by atoms with Crippen molar-refractivity contribution in [3.05, 3.63) is 29.6 Å². The summed E-state index contributed by atoms with van der Waals surface area (Å²) in [6, 6.07) is 4.35. The summed E-state index contributed by atoms with van der Waals surface area (Å²) in [6.45, 7) is 0.378. The van der Waals surface area contributed by atoms with Crippen molar-refractivity contribution < 1.29 is 13.9 Å². The molecule has 0 spiro atoms. The van der Waals surface area contributed by atoms with Gasteiger partial charge < -0.3 is 15.8 Å². The lowest BCUT2D eigenvalue weighted by molar-refractivity contribution is -0.122. The molecule has 0 aromatic heterocycles. The monoisotopic (exact) mass is 238 g/mol. The first-order valence-corrected chi connectivity index (χ1v) is 5.47. The number of ether oxygens (including phenoxy) is 1. The predicted octanol–water partition coefficient (Wildman–Crippen LogP) is 0.765. The Labute approximate surface area is 98.9 Å². The van der Waals surface area contributed by atoms with Crippen LogP contribution in [0.5, 0.6) is 5.75 Å². The maximum absolute atomic E-state index is 13.8. The second-order valence-electron chi connectivity index (χ2n) is 4.17. The Morgan fingerprint density at radius 1 is 1.53 bits per heavy atom. The maximum atomic E-state index is 13.8. The highest BCUT2D eigenvalue weighted by atomic mass is 19.1. The summed E-state index contributed by atoms with van der Waals surface area (Å²) in [4.78, 5) is 11.1. The van der Waals surface area contributed by atoms with E-state index in [0.717, 1.165) is 0 Å². The van der Waals surface area contributed by atoms with Crippen LogP contribution in [0.15, 0.2) is 18.2 Å². The Morgan fingerprint density at radius 3 is 2.88 bits per heavy atom. The lowest BCUT2D eigenvalue weighted by Crippen LogP contribution is -2.46. The average Bonchev–Trinajstić information content (AvgIpc) is 2.30. The molecule has 1 aromatic carbocycles. The van der Waals surface area contributed by atoms with Crippen molar-refractivity contribution >= 4 is 5.91 Å². The zero-order chi connectivity index (χ0) is 12.4. The van der Waals surface area contributed by atoms with E-state index in [2.05, 4.69) is 5.32 Å². The van der Waals surface area contributed by atoms with Gasteiger partial charge in [0, 0.05) is 31.0 Å². The number of nitrogens with two attached hydrogens (primary N) is 1. The minimum Gasteiger partial charge on any atom is -0.497 e. The fourth-order valence-corrected chi connectivity index (χ4v) is 2.08. The van der Waals surface area contributed by atoms with Crippen molar-refractivity contribution in [3.8, 4) is 5.75 Å². The Kier molecular flexibility index (Phi) is 3.28. The fraction of sp³-hybridized carbons (Fsp3) is 0.417. The van der Waals surface area contributed by atoms with Gasteiger partial charge in [0.2, 0.25) is 5.91 Å². The molecule has 1 aliphatic rings. The van der Waals surface area contributed by atoms with Gasteiger partial charge in [0.15, 0.2) is 0 Å². The first-order chi connectivity index (χ1) is 8.11. The van der Waals surface area contributed by atoms with E-state index in [-0.39, 0.29) is 30.1 Å². The second-order valence-corrected chi connectivity index (χ2v) is 4.17. The zero-order valence-electron chi connectivity index (χ0n) is 9.57. The van der Waals surface area contributed by atoms with Gasteiger partial charge in [0.25, 0.3) is 0 Å². The molecule has 5 heteroatoms. The second kappa shape index (κ2) is 4.71. The number of carbonyl (C=O) groups excluding carboxylic acids is 1. The van der Waals surface area contributed by atoms with Gasteiger partial charge in [-0.05, 0) is 11.6 Å². The lowest BCUT2D eigenvalue weighted by Gasteiger charge is -2.29. The number of hydrogen-bond donors (Lipinski definition) is 2. The van der Waals surface area contributed by atoms with Crippen LogP contribution in [-0.2, 0) is 4.79 Å². The SMILES string of the molecule is COc1ccc(C2CNC(=O)CC2N)c(F)c1. The molecular weight excluding hydrogens is 223 g/mol. The fourth-order valence-electron chi connectivity index (χ4n) is 2.08. The number of benzene rings is 1. The Morgan fingerprint density at radius 2 is 2.29 bits per heavy atom. The van der Waals surface area contributed by atoms with Gasteiger partial charge in [-0.15, -0.1) is 0 Å². The molecule has 1 fully saturated rings. The molecule has 2 atom stereocenters. The molecule has 0 radical (unpaired) electrons. The van der Waals surface area contributed by atoms with Crippen molar-refractivity contribution in [2.24, 2.45) is 5.73 Å². The number of nitrogens with one attached hydrogen (secondary N) is 1. The van der Waals surface area contributed by atoms with E-state index in [9.17, 15) is 9.18 Å². The predicted molar refractivity (Wildman–Crippen MR) is 61.3 cm³/mol. The summed E-state index contributed by atoms with van der Waals surface area (Å²) in [5.41, 5.74) is 6.41. The van der Waals surface area contributed by atoms with Gasteiger partial charge in [-0.25, -0.2) is 4.39 Å². The van der Waals surface area contributed by atoms with Crippen LogP contribution in [-0.4, -0.2) is 25.6 Å². The molecule has 1 aromatic rings. The molecule has 2 unspecified atom stereocenters. The molecule has 1 saturated heterocycles. The van der Waals surface area contributed by atoms with E-state index in [1.165, 1.54) is 13.2 Å². The standard InChI is InChI=1S/C12H15FN2O2/c1-17-7-2-3-8(10(13)4-7)9-6-15-12(16)5-11(9)14/h2-4,9,11H,5-6,14H2,1H3,(H,15,16). The van der Waals surface area contributed by atoms with Crippen LogP contribution >= 0.6 is 0 Å². The number of halogens is 1. The third-order valence-corrected chi connectivity index (χ3v) is 3.06. The van der Waals surface area contributed by atoms with Gasteiger partial charge >= 0.3 is 0 Å². The summed E-state index contributed by atoms with van der Waals surface area (Å²) in [5, 5.41) is 2.70. The molecule has 4 nitrogen and oxygen atoms in total. The lowest BCUT2D eigenvalue weighted by atomic mass is 9.87. The van der Waals surface area contributed by atoms with Crippen LogP contribution in [0.2, 0.25) is 0 Å². The Hall–Kier alpha value is -1.62. The molecule has 0 saturated carbocycles. The van der Waals surface area contributed by atoms with E-state index in [1.54, 1.807) is 12.1 Å². The van der Waals surface area contributed by atoms with E-state index < -0.39 is 0 Å². The highest BCUT2D eigenvalue weighted by Crippen LogP contribution is 2.27. The summed E-state index contributed by atoms with van der Waals surface area (Å²) in [5.74, 6) is -0.137. The van der Waals surface area contributed by atoms with Crippen LogP contribution < -0.4 is 15.8 Å². The normalized spacial score (nSPS) is 24.3. The highest BCUT2D eigenvalue weighted by Gasteiger charge is 2.29. The largest absolute Gasteiger partial charge is 0.497 e. The number of carbonyl (C=O) groups is 1. The highest BCUT2D eigenvalue weighted by molar-refractivity contribution is 5.77. The third kappa shape index (κ3) is 2.39. The van der Waals surface area contributed by atoms with Crippen LogP contribution in [0.25, 0.3) is 0 Å². The first kappa shape index (κ1) is 11.9. The quantitative estimate of drug-likeness (QED) is 0.799. The Bertz CT molecular complexity index is 437. The van der Waals surface area contributed by atoms with Gasteiger partial charge in [0.1, 0.15) is 11.6 Å². The summed E-state index contributed by atoms with van der Waals surface area (Å²) < 4.78 is 18.8. The van der Waals surface area contributed by atoms with Gasteiger partial charge in [-0.1, -0.05) is 6.07 Å². The van der Waals surface area contributed by atoms with E-state index in [4.69, 9.17) is 10.5 Å². The van der Waals surface area contributed by atoms with Gasteiger partial charge in [-0.3, -0.25) is 4.79 Å². The maximum Gasteiger partial charge on any atom is 0.221 e. The minimum atomic E-state index is -0.346. The molecule has 92 valence electrons. The number of hydrogen-bond acceptors (Lipinski definition) is 3. The number of amides is 1. The van der Waals surface area contributed by atoms with E-state index in [1.807, 2.05) is 0 Å². The van der Waals surface area contributed by atoms with Crippen LogP contribution in [0.4, 0.5) is 4.39 Å². The van der Waals surface area contributed by atoms with E-state index >= 15 is 0 Å². The molecule has 1 aliphatic heterocycles. The smallest absolute Gasteiger partial charge is 0.221 e. The van der Waals surface area contributed by atoms with Gasteiger partial charge in [0.05, 0.1) is 7.11 Å². The van der Waals surface area contributed by atoms with Crippen LogP contribution in [0.3, 0.4) is 0 Å². The molecular formula is C12H15FN2O2. The van der Waals surface area contributed by atoms with Crippen molar-refractivity contribution in [2.45, 2.75) is 18.4 Å². The number of piperidine rings is 1. The van der Waals surface area contributed by atoms with E-state index in [0.29, 0.717) is 17.9 Å². The first-order valence-electron chi connectivity index (χ1n) is 5.47. The molecule has 1 heterocycles. The molecule has 3 N–H and O–H groups in total. The van der Waals surface area contributed by atoms with Crippen LogP contribution in [0.1, 0.15) is 17.9 Å². The number of methoxy groups -OCH3 is 1. The van der Waals surface area contributed by atoms with Crippen molar-refractivity contribution in [1.82, 2.24) is 5.32 Å². The molecule has 17 heavy (non-hydrogen) atoms. The molecule has 0 bridgehead atoms. The third-order valence-electron chi connectivity index (χ3n) is 3.06. The van der Waals surface area contributed by atoms with Crippen LogP contribution in [0, 0.1) is 5.82 Å². The molecule has 1 amide bonds.